The lowest BCUT2D eigenvalue weighted by Crippen LogP contribution is -2.28. The number of nitrogens with zero attached hydrogens (tertiary/aromatic N) is 2. The third-order valence-corrected chi connectivity index (χ3v) is 2.69. The van der Waals surface area contributed by atoms with Crippen LogP contribution in [0.5, 0.6) is 5.75 Å². The third kappa shape index (κ3) is 4.17. The first kappa shape index (κ1) is 14.8. The highest BCUT2D eigenvalue weighted by Crippen LogP contribution is 2.03. The van der Waals surface area contributed by atoms with Gasteiger partial charge < -0.3 is 14.6 Å². The predicted octanol–water partition coefficient (Wildman–Crippen LogP) is 1.67. The highest BCUT2D eigenvalue weighted by atomic mass is 16.5. The van der Waals surface area contributed by atoms with Crippen LogP contribution >= 0.6 is 0 Å². The van der Waals surface area contributed by atoms with E-state index in [9.17, 15) is 9.59 Å². The maximum atomic E-state index is 12.1. The molecule has 0 aliphatic carbocycles. The Balaban J connectivity index is 2.05. The fourth-order valence-electron chi connectivity index (χ4n) is 1.74. The monoisotopic (exact) mass is 287 g/mol. The van der Waals surface area contributed by atoms with Gasteiger partial charge in [0.1, 0.15) is 12.4 Å². The van der Waals surface area contributed by atoms with Crippen LogP contribution in [0.2, 0.25) is 0 Å². The first-order valence-electron chi connectivity index (χ1n) is 6.74. The Hall–Kier alpha value is -2.63. The van der Waals surface area contributed by atoms with Crippen molar-refractivity contribution >= 4 is 11.7 Å². The summed E-state index contributed by atoms with van der Waals surface area (Å²) in [5, 5.41) is 2.63. The summed E-state index contributed by atoms with van der Waals surface area (Å²) in [6, 6.07) is 8.50. The van der Waals surface area contributed by atoms with E-state index >= 15 is 0 Å². The number of rotatable bonds is 6. The molecule has 0 aliphatic heterocycles. The molecule has 2 aromatic heterocycles. The molecule has 0 saturated heterocycles. The summed E-state index contributed by atoms with van der Waals surface area (Å²) in [6.45, 7) is 2.35. The fraction of sp³-hybridized carbons (Fsp3) is 0.267. The molecule has 110 valence electrons. The Kier molecular flexibility index (Phi) is 5.09. The van der Waals surface area contributed by atoms with Crippen molar-refractivity contribution in [3.05, 3.63) is 53.1 Å². The van der Waals surface area contributed by atoms with Gasteiger partial charge in [0, 0.05) is 12.4 Å². The third-order valence-electron chi connectivity index (χ3n) is 2.69. The van der Waals surface area contributed by atoms with Gasteiger partial charge in [0.15, 0.2) is 5.75 Å². The van der Waals surface area contributed by atoms with Crippen molar-refractivity contribution in [2.45, 2.75) is 19.9 Å². The van der Waals surface area contributed by atoms with E-state index in [0.717, 1.165) is 6.42 Å². The van der Waals surface area contributed by atoms with E-state index in [1.54, 1.807) is 42.7 Å². The number of hydrogen-bond donors (Lipinski definition) is 1. The van der Waals surface area contributed by atoms with Gasteiger partial charge in [0.2, 0.25) is 5.91 Å². The summed E-state index contributed by atoms with van der Waals surface area (Å²) in [6.07, 6.45) is 3.95. The summed E-state index contributed by atoms with van der Waals surface area (Å²) in [5.74, 6) is 0.391. The summed E-state index contributed by atoms with van der Waals surface area (Å²) < 4.78 is 6.66. The van der Waals surface area contributed by atoms with Crippen molar-refractivity contribution in [2.75, 3.05) is 11.9 Å². The van der Waals surface area contributed by atoms with E-state index in [1.165, 1.54) is 4.57 Å². The Bertz CT molecular complexity index is 653. The van der Waals surface area contributed by atoms with Crippen LogP contribution in [-0.2, 0) is 11.3 Å². The van der Waals surface area contributed by atoms with Crippen LogP contribution in [0.3, 0.4) is 0 Å². The number of hydrogen-bond acceptors (Lipinski definition) is 4. The summed E-state index contributed by atoms with van der Waals surface area (Å²) in [7, 11) is 0. The Morgan fingerprint density at radius 1 is 1.33 bits per heavy atom. The number of carbonyl (C=O) groups is 1. The molecule has 0 spiro atoms. The number of aromatic nitrogens is 2. The molecule has 0 aromatic carbocycles. The SMILES string of the molecule is CCCOc1cccn(CC(=O)Nc2ccccn2)c1=O. The number of amides is 1. The largest absolute Gasteiger partial charge is 0.488 e. The molecule has 0 aliphatic rings. The number of ether oxygens (including phenoxy) is 1. The molecular formula is C15H17N3O3. The zero-order valence-corrected chi connectivity index (χ0v) is 11.8. The molecule has 2 aromatic rings. The molecular weight excluding hydrogens is 270 g/mol. The zero-order valence-electron chi connectivity index (χ0n) is 11.8. The van der Waals surface area contributed by atoms with Crippen molar-refractivity contribution in [3.63, 3.8) is 0 Å². The molecule has 0 atom stereocenters. The lowest BCUT2D eigenvalue weighted by molar-refractivity contribution is -0.116. The number of carbonyl (C=O) groups excluding carboxylic acids is 1. The van der Waals surface area contributed by atoms with Gasteiger partial charge in [-0.2, -0.15) is 0 Å². The van der Waals surface area contributed by atoms with E-state index in [1.807, 2.05) is 6.92 Å². The average Bonchev–Trinajstić information content (AvgIpc) is 2.49. The van der Waals surface area contributed by atoms with Crippen molar-refractivity contribution in [2.24, 2.45) is 0 Å². The highest BCUT2D eigenvalue weighted by molar-refractivity contribution is 5.89. The second-order valence-electron chi connectivity index (χ2n) is 4.42. The van der Waals surface area contributed by atoms with Crippen molar-refractivity contribution in [3.8, 4) is 5.75 Å². The fourth-order valence-corrected chi connectivity index (χ4v) is 1.74. The first-order chi connectivity index (χ1) is 10.2. The van der Waals surface area contributed by atoms with Gasteiger partial charge >= 0.3 is 0 Å². The van der Waals surface area contributed by atoms with E-state index in [2.05, 4.69) is 10.3 Å². The molecule has 0 radical (unpaired) electrons. The van der Waals surface area contributed by atoms with Crippen LogP contribution in [0.15, 0.2) is 47.5 Å². The lowest BCUT2D eigenvalue weighted by atomic mass is 10.4. The summed E-state index contributed by atoms with van der Waals surface area (Å²) >= 11 is 0. The molecule has 1 amide bonds. The Morgan fingerprint density at radius 2 is 2.19 bits per heavy atom. The minimum absolute atomic E-state index is 0.0846. The van der Waals surface area contributed by atoms with Crippen molar-refractivity contribution in [1.29, 1.82) is 0 Å². The number of pyridine rings is 2. The van der Waals surface area contributed by atoms with Gasteiger partial charge in [0.25, 0.3) is 5.56 Å². The van der Waals surface area contributed by atoms with Gasteiger partial charge in [-0.25, -0.2) is 4.98 Å². The topological polar surface area (TPSA) is 73.2 Å². The smallest absolute Gasteiger partial charge is 0.293 e. The Morgan fingerprint density at radius 3 is 2.90 bits per heavy atom. The quantitative estimate of drug-likeness (QED) is 0.877. The first-order valence-corrected chi connectivity index (χ1v) is 6.74. The number of nitrogens with one attached hydrogen (secondary N) is 1. The zero-order chi connectivity index (χ0) is 15.1. The lowest BCUT2D eigenvalue weighted by Gasteiger charge is -2.09. The average molecular weight is 287 g/mol. The van der Waals surface area contributed by atoms with Gasteiger partial charge in [0.05, 0.1) is 6.61 Å². The molecule has 6 heteroatoms. The van der Waals surface area contributed by atoms with Crippen LogP contribution < -0.4 is 15.6 Å². The van der Waals surface area contributed by atoms with Crippen LogP contribution in [-0.4, -0.2) is 22.1 Å². The second-order valence-corrected chi connectivity index (χ2v) is 4.42. The molecule has 0 fully saturated rings. The molecule has 0 bridgehead atoms. The van der Waals surface area contributed by atoms with E-state index in [-0.39, 0.29) is 23.8 Å². The van der Waals surface area contributed by atoms with E-state index < -0.39 is 0 Å². The summed E-state index contributed by atoms with van der Waals surface area (Å²) in [5.41, 5.74) is -0.317. The van der Waals surface area contributed by atoms with Crippen LogP contribution in [0.1, 0.15) is 13.3 Å². The van der Waals surface area contributed by atoms with E-state index in [4.69, 9.17) is 4.74 Å². The molecule has 1 N–H and O–H groups in total. The molecule has 21 heavy (non-hydrogen) atoms. The van der Waals surface area contributed by atoms with Crippen molar-refractivity contribution in [1.82, 2.24) is 9.55 Å². The normalized spacial score (nSPS) is 10.1. The van der Waals surface area contributed by atoms with Gasteiger partial charge in [-0.1, -0.05) is 13.0 Å². The molecule has 6 nitrogen and oxygen atoms in total. The van der Waals surface area contributed by atoms with Gasteiger partial charge in [-0.3, -0.25) is 9.59 Å². The number of anilines is 1. The maximum absolute atomic E-state index is 12.1. The molecule has 0 saturated carbocycles. The van der Waals surface area contributed by atoms with Gasteiger partial charge in [-0.05, 0) is 30.7 Å². The molecule has 0 unspecified atom stereocenters. The second kappa shape index (κ2) is 7.23. The molecule has 2 rings (SSSR count). The van der Waals surface area contributed by atoms with E-state index in [0.29, 0.717) is 12.4 Å². The van der Waals surface area contributed by atoms with Gasteiger partial charge in [-0.15, -0.1) is 0 Å². The van der Waals surface area contributed by atoms with Crippen LogP contribution in [0, 0.1) is 0 Å². The Labute approximate surface area is 122 Å². The predicted molar refractivity (Wildman–Crippen MR) is 79.4 cm³/mol. The maximum Gasteiger partial charge on any atom is 0.293 e. The standard InChI is InChI=1S/C15H17N3O3/c1-2-10-21-12-6-5-9-18(15(12)20)11-14(19)17-13-7-3-4-8-16-13/h3-9H,2,10-11H2,1H3,(H,16,17,19). The summed E-state index contributed by atoms with van der Waals surface area (Å²) in [4.78, 5) is 28.0. The minimum atomic E-state index is -0.317. The minimum Gasteiger partial charge on any atom is -0.488 e. The molecule has 2 heterocycles. The van der Waals surface area contributed by atoms with Crippen LogP contribution in [0.4, 0.5) is 5.82 Å². The van der Waals surface area contributed by atoms with Crippen molar-refractivity contribution < 1.29 is 9.53 Å². The van der Waals surface area contributed by atoms with Crippen LogP contribution in [0.25, 0.3) is 0 Å². The highest BCUT2D eigenvalue weighted by Gasteiger charge is 2.08.